The molecule has 0 aliphatic carbocycles. The third kappa shape index (κ3) is 5.73. The summed E-state index contributed by atoms with van der Waals surface area (Å²) in [4.78, 5) is 14.1. The molecular weight excluding hydrogens is 266 g/mol. The Kier molecular flexibility index (Phi) is 6.65. The van der Waals surface area contributed by atoms with E-state index in [2.05, 4.69) is 10.2 Å². The summed E-state index contributed by atoms with van der Waals surface area (Å²) in [5.41, 5.74) is 7.75. The predicted molar refractivity (Wildman–Crippen MR) is 86.4 cm³/mol. The number of nitrogens with zero attached hydrogens (tertiary/aromatic N) is 1. The van der Waals surface area contributed by atoms with Crippen LogP contribution in [0.1, 0.15) is 25.8 Å². The van der Waals surface area contributed by atoms with Crippen molar-refractivity contribution in [1.82, 2.24) is 4.90 Å². The van der Waals surface area contributed by atoms with Crippen LogP contribution in [0.4, 0.5) is 5.69 Å². The smallest absolute Gasteiger partial charge is 0.226 e. The molecule has 0 saturated heterocycles. The number of nitrogens with one attached hydrogen (secondary N) is 1. The Hall–Kier alpha value is -1.59. The summed E-state index contributed by atoms with van der Waals surface area (Å²) in [7, 11) is 5.60. The minimum Gasteiger partial charge on any atom is -0.495 e. The summed E-state index contributed by atoms with van der Waals surface area (Å²) in [6, 6.07) is 5.67. The van der Waals surface area contributed by atoms with E-state index in [1.165, 1.54) is 0 Å². The minimum absolute atomic E-state index is 0.0866. The number of hydrogen-bond donors (Lipinski definition) is 2. The van der Waals surface area contributed by atoms with Crippen molar-refractivity contribution in [3.05, 3.63) is 23.8 Å². The van der Waals surface area contributed by atoms with Crippen molar-refractivity contribution >= 4 is 11.6 Å². The van der Waals surface area contributed by atoms with Gasteiger partial charge in [0.1, 0.15) is 5.75 Å². The maximum Gasteiger partial charge on any atom is 0.226 e. The normalized spacial score (nSPS) is 12.6. The van der Waals surface area contributed by atoms with E-state index in [1.54, 1.807) is 7.11 Å². The van der Waals surface area contributed by atoms with Crippen LogP contribution in [0.3, 0.4) is 0 Å². The Morgan fingerprint density at radius 3 is 2.57 bits per heavy atom. The Morgan fingerprint density at radius 2 is 2.05 bits per heavy atom. The topological polar surface area (TPSA) is 67.6 Å². The number of carbonyl (C=O) groups excluding carboxylic acids is 1. The molecule has 0 heterocycles. The van der Waals surface area contributed by atoms with Crippen molar-refractivity contribution in [1.29, 1.82) is 0 Å². The first-order valence-electron chi connectivity index (χ1n) is 7.20. The third-order valence-corrected chi connectivity index (χ3v) is 3.31. The first kappa shape index (κ1) is 17.5. The lowest BCUT2D eigenvalue weighted by Gasteiger charge is -2.17. The van der Waals surface area contributed by atoms with Crippen LogP contribution in [0.2, 0.25) is 0 Å². The molecule has 21 heavy (non-hydrogen) atoms. The molecule has 0 aliphatic heterocycles. The van der Waals surface area contributed by atoms with E-state index in [0.717, 1.165) is 12.1 Å². The van der Waals surface area contributed by atoms with Gasteiger partial charge in [-0.3, -0.25) is 4.79 Å². The molecule has 0 saturated carbocycles. The van der Waals surface area contributed by atoms with Gasteiger partial charge in [-0.05, 0) is 37.7 Å². The van der Waals surface area contributed by atoms with Crippen LogP contribution >= 0.6 is 0 Å². The van der Waals surface area contributed by atoms with Gasteiger partial charge in [-0.25, -0.2) is 0 Å². The molecule has 5 heteroatoms. The zero-order chi connectivity index (χ0) is 16.0. The molecule has 1 aromatic carbocycles. The lowest BCUT2D eigenvalue weighted by atomic mass is 10.0. The minimum atomic E-state index is -0.138. The summed E-state index contributed by atoms with van der Waals surface area (Å²) in [5, 5.41) is 2.90. The van der Waals surface area contributed by atoms with Crippen molar-refractivity contribution in [2.45, 2.75) is 32.9 Å². The van der Waals surface area contributed by atoms with E-state index in [0.29, 0.717) is 17.9 Å². The first-order chi connectivity index (χ1) is 9.83. The number of methoxy groups -OCH3 is 1. The summed E-state index contributed by atoms with van der Waals surface area (Å²) >= 11 is 0. The van der Waals surface area contributed by atoms with Crippen LogP contribution in [0.5, 0.6) is 5.75 Å². The van der Waals surface area contributed by atoms with E-state index in [-0.39, 0.29) is 17.9 Å². The summed E-state index contributed by atoms with van der Waals surface area (Å²) in [6.07, 6.45) is 0.304. The fraction of sp³-hybridized carbons (Fsp3) is 0.562. The number of carbonyl (C=O) groups is 1. The highest BCUT2D eigenvalue weighted by atomic mass is 16.5. The van der Waals surface area contributed by atoms with Gasteiger partial charge in [0.25, 0.3) is 0 Å². The van der Waals surface area contributed by atoms with Crippen LogP contribution in [0, 0.1) is 5.92 Å². The molecule has 1 rings (SSSR count). The molecule has 1 unspecified atom stereocenters. The van der Waals surface area contributed by atoms with Crippen molar-refractivity contribution < 1.29 is 9.53 Å². The third-order valence-electron chi connectivity index (χ3n) is 3.31. The number of benzene rings is 1. The maximum absolute atomic E-state index is 12.1. The largest absolute Gasteiger partial charge is 0.495 e. The van der Waals surface area contributed by atoms with E-state index < -0.39 is 0 Å². The van der Waals surface area contributed by atoms with Crippen molar-refractivity contribution in [3.63, 3.8) is 0 Å². The van der Waals surface area contributed by atoms with Gasteiger partial charge in [0.15, 0.2) is 0 Å². The second kappa shape index (κ2) is 8.00. The second-order valence-electron chi connectivity index (χ2n) is 5.93. The van der Waals surface area contributed by atoms with E-state index in [1.807, 2.05) is 46.1 Å². The number of hydrogen-bond acceptors (Lipinski definition) is 4. The van der Waals surface area contributed by atoms with Gasteiger partial charge in [-0.1, -0.05) is 19.9 Å². The van der Waals surface area contributed by atoms with Crippen LogP contribution in [-0.4, -0.2) is 38.1 Å². The van der Waals surface area contributed by atoms with Gasteiger partial charge in [0.2, 0.25) is 5.91 Å². The molecule has 1 amide bonds. The zero-order valence-corrected chi connectivity index (χ0v) is 13.6. The van der Waals surface area contributed by atoms with E-state index >= 15 is 0 Å². The number of ether oxygens (including phenoxy) is 1. The lowest BCUT2D eigenvalue weighted by molar-refractivity contribution is -0.116. The van der Waals surface area contributed by atoms with Gasteiger partial charge in [-0.2, -0.15) is 0 Å². The molecule has 0 radical (unpaired) electrons. The molecule has 0 bridgehead atoms. The standard InChI is InChI=1S/C16H27N3O2/c1-11(2)13(17)9-16(20)18-14-8-12(10-19(3)4)6-7-15(14)21-5/h6-8,11,13H,9-10,17H2,1-5H3,(H,18,20). The molecule has 0 aromatic heterocycles. The Morgan fingerprint density at radius 1 is 1.38 bits per heavy atom. The molecule has 3 N–H and O–H groups in total. The van der Waals surface area contributed by atoms with Crippen LogP contribution in [-0.2, 0) is 11.3 Å². The van der Waals surface area contributed by atoms with Gasteiger partial charge in [0, 0.05) is 19.0 Å². The Bertz CT molecular complexity index is 473. The SMILES string of the molecule is COc1ccc(CN(C)C)cc1NC(=O)CC(N)C(C)C. The molecule has 118 valence electrons. The maximum atomic E-state index is 12.1. The van der Waals surface area contributed by atoms with Crippen molar-refractivity contribution in [2.75, 3.05) is 26.5 Å². The highest BCUT2D eigenvalue weighted by molar-refractivity contribution is 5.92. The Balaban J connectivity index is 2.82. The van der Waals surface area contributed by atoms with Crippen LogP contribution < -0.4 is 15.8 Å². The van der Waals surface area contributed by atoms with E-state index in [9.17, 15) is 4.79 Å². The average molecular weight is 293 g/mol. The molecule has 1 aromatic rings. The summed E-state index contributed by atoms with van der Waals surface area (Å²) < 4.78 is 5.30. The molecule has 0 fully saturated rings. The highest BCUT2D eigenvalue weighted by Crippen LogP contribution is 2.26. The second-order valence-corrected chi connectivity index (χ2v) is 5.93. The van der Waals surface area contributed by atoms with E-state index in [4.69, 9.17) is 10.5 Å². The summed E-state index contributed by atoms with van der Waals surface area (Å²) in [6.45, 7) is 4.82. The molecule has 0 spiro atoms. The van der Waals surface area contributed by atoms with Gasteiger partial charge >= 0.3 is 0 Å². The molecule has 5 nitrogen and oxygen atoms in total. The zero-order valence-electron chi connectivity index (χ0n) is 13.6. The fourth-order valence-corrected chi connectivity index (χ4v) is 1.97. The first-order valence-corrected chi connectivity index (χ1v) is 7.20. The van der Waals surface area contributed by atoms with Crippen LogP contribution in [0.25, 0.3) is 0 Å². The number of rotatable bonds is 7. The lowest BCUT2D eigenvalue weighted by Crippen LogP contribution is -2.31. The number of amides is 1. The van der Waals surface area contributed by atoms with Crippen molar-refractivity contribution in [3.8, 4) is 5.75 Å². The molecule has 0 aliphatic rings. The number of nitrogens with two attached hydrogens (primary N) is 1. The monoisotopic (exact) mass is 293 g/mol. The van der Waals surface area contributed by atoms with Gasteiger partial charge in [0.05, 0.1) is 12.8 Å². The number of anilines is 1. The fourth-order valence-electron chi connectivity index (χ4n) is 1.97. The van der Waals surface area contributed by atoms with Crippen LogP contribution in [0.15, 0.2) is 18.2 Å². The average Bonchev–Trinajstić information content (AvgIpc) is 2.38. The predicted octanol–water partition coefficient (Wildman–Crippen LogP) is 2.07. The highest BCUT2D eigenvalue weighted by Gasteiger charge is 2.15. The van der Waals surface area contributed by atoms with Crippen molar-refractivity contribution in [2.24, 2.45) is 11.7 Å². The summed E-state index contributed by atoms with van der Waals surface area (Å²) in [5.74, 6) is 0.846. The van der Waals surface area contributed by atoms with Gasteiger partial charge in [-0.15, -0.1) is 0 Å². The molecule has 1 atom stereocenters. The Labute approximate surface area is 127 Å². The quantitative estimate of drug-likeness (QED) is 0.807. The molecular formula is C16H27N3O2. The van der Waals surface area contributed by atoms with Gasteiger partial charge < -0.3 is 20.7 Å².